The Labute approximate surface area is 93.2 Å². The van der Waals surface area contributed by atoms with Gasteiger partial charge in [-0.3, -0.25) is 0 Å². The minimum absolute atomic E-state index is 0.518. The van der Waals surface area contributed by atoms with Crippen LogP contribution in [0.2, 0.25) is 0 Å². The first-order chi connectivity index (χ1) is 7.19. The number of ether oxygens (including phenoxy) is 1. The van der Waals surface area contributed by atoms with Crippen LogP contribution in [-0.4, -0.2) is 50.3 Å². The zero-order valence-electron chi connectivity index (χ0n) is 10.2. The van der Waals surface area contributed by atoms with Crippen molar-refractivity contribution in [3.63, 3.8) is 0 Å². The summed E-state index contributed by atoms with van der Waals surface area (Å²) < 4.78 is 5.30. The number of nitrogens with zero attached hydrogens (tertiary/aromatic N) is 1. The maximum absolute atomic E-state index is 5.30. The van der Waals surface area contributed by atoms with E-state index in [-0.39, 0.29) is 0 Å². The van der Waals surface area contributed by atoms with Crippen LogP contribution in [0.3, 0.4) is 0 Å². The van der Waals surface area contributed by atoms with Crippen LogP contribution in [0.5, 0.6) is 0 Å². The molecule has 88 valence electrons. The van der Waals surface area contributed by atoms with E-state index in [2.05, 4.69) is 24.2 Å². The van der Waals surface area contributed by atoms with Gasteiger partial charge in [-0.15, -0.1) is 0 Å². The van der Waals surface area contributed by atoms with Crippen molar-refractivity contribution in [3.8, 4) is 0 Å². The summed E-state index contributed by atoms with van der Waals surface area (Å²) in [7, 11) is 4.04. The quantitative estimate of drug-likeness (QED) is 0.758. The molecular formula is C12H24N2O. The van der Waals surface area contributed by atoms with Crippen molar-refractivity contribution in [2.75, 3.05) is 27.2 Å². The van der Waals surface area contributed by atoms with Crippen molar-refractivity contribution in [1.82, 2.24) is 10.2 Å². The molecule has 15 heavy (non-hydrogen) atoms. The monoisotopic (exact) mass is 212 g/mol. The largest absolute Gasteiger partial charge is 0.381 e. The summed E-state index contributed by atoms with van der Waals surface area (Å²) >= 11 is 0. The normalized spacial score (nSPS) is 42.6. The SMILES string of the molecule is COC1CC(NC2CCN(C)CC2C)C1. The lowest BCUT2D eigenvalue weighted by molar-refractivity contribution is 0.00841. The molecule has 3 heteroatoms. The first-order valence-electron chi connectivity index (χ1n) is 6.16. The van der Waals surface area contributed by atoms with Gasteiger partial charge in [0.15, 0.2) is 0 Å². The van der Waals surface area contributed by atoms with Crippen molar-refractivity contribution in [1.29, 1.82) is 0 Å². The molecule has 0 radical (unpaired) electrons. The Morgan fingerprint density at radius 1 is 1.33 bits per heavy atom. The summed E-state index contributed by atoms with van der Waals surface area (Å²) in [5.74, 6) is 0.783. The summed E-state index contributed by atoms with van der Waals surface area (Å²) in [6.45, 7) is 4.83. The molecule has 0 aromatic rings. The maximum atomic E-state index is 5.30. The third-order valence-corrected chi connectivity index (χ3v) is 3.99. The van der Waals surface area contributed by atoms with Crippen LogP contribution in [0, 0.1) is 5.92 Å². The molecule has 1 saturated heterocycles. The van der Waals surface area contributed by atoms with Crippen LogP contribution in [0.15, 0.2) is 0 Å². The Kier molecular flexibility index (Phi) is 3.65. The van der Waals surface area contributed by atoms with E-state index in [1.54, 1.807) is 0 Å². The van der Waals surface area contributed by atoms with Crippen LogP contribution in [0.1, 0.15) is 26.2 Å². The van der Waals surface area contributed by atoms with E-state index < -0.39 is 0 Å². The molecule has 0 bridgehead atoms. The van der Waals surface area contributed by atoms with Gasteiger partial charge in [-0.1, -0.05) is 6.92 Å². The molecule has 3 nitrogen and oxygen atoms in total. The van der Waals surface area contributed by atoms with Crippen LogP contribution in [0.4, 0.5) is 0 Å². The molecule has 0 spiro atoms. The predicted octanol–water partition coefficient (Wildman–Crippen LogP) is 1.09. The molecule has 2 unspecified atom stereocenters. The Morgan fingerprint density at radius 2 is 2.07 bits per heavy atom. The second-order valence-electron chi connectivity index (χ2n) is 5.33. The lowest BCUT2D eigenvalue weighted by Gasteiger charge is -2.42. The van der Waals surface area contributed by atoms with E-state index in [4.69, 9.17) is 4.74 Å². The van der Waals surface area contributed by atoms with Gasteiger partial charge in [0, 0.05) is 25.7 Å². The third-order valence-electron chi connectivity index (χ3n) is 3.99. The minimum atomic E-state index is 0.518. The second-order valence-corrected chi connectivity index (χ2v) is 5.33. The smallest absolute Gasteiger partial charge is 0.0601 e. The van der Waals surface area contributed by atoms with Crippen molar-refractivity contribution in [3.05, 3.63) is 0 Å². The number of rotatable bonds is 3. The molecule has 0 amide bonds. The highest BCUT2D eigenvalue weighted by Crippen LogP contribution is 2.25. The summed E-state index contributed by atoms with van der Waals surface area (Å²) in [6.07, 6.45) is 4.22. The van der Waals surface area contributed by atoms with Gasteiger partial charge in [0.05, 0.1) is 6.10 Å². The van der Waals surface area contributed by atoms with E-state index in [1.165, 1.54) is 32.4 Å². The lowest BCUT2D eigenvalue weighted by Crippen LogP contribution is -2.54. The van der Waals surface area contributed by atoms with E-state index in [0.29, 0.717) is 12.1 Å². The number of hydrogen-bond acceptors (Lipinski definition) is 3. The number of nitrogens with one attached hydrogen (secondary N) is 1. The first kappa shape index (κ1) is 11.4. The van der Waals surface area contributed by atoms with E-state index in [9.17, 15) is 0 Å². The average molecular weight is 212 g/mol. The third kappa shape index (κ3) is 2.71. The first-order valence-corrected chi connectivity index (χ1v) is 6.16. The van der Waals surface area contributed by atoms with Crippen molar-refractivity contribution < 1.29 is 4.74 Å². The summed E-state index contributed by atoms with van der Waals surface area (Å²) in [6, 6.07) is 1.44. The highest BCUT2D eigenvalue weighted by atomic mass is 16.5. The van der Waals surface area contributed by atoms with E-state index in [1.807, 2.05) is 7.11 Å². The molecule has 2 fully saturated rings. The topological polar surface area (TPSA) is 24.5 Å². The molecule has 1 aliphatic heterocycles. The van der Waals surface area contributed by atoms with Gasteiger partial charge in [-0.05, 0) is 38.8 Å². The van der Waals surface area contributed by atoms with Crippen LogP contribution in [-0.2, 0) is 4.74 Å². The van der Waals surface area contributed by atoms with Gasteiger partial charge in [0.2, 0.25) is 0 Å². The molecule has 1 N–H and O–H groups in total. The predicted molar refractivity (Wildman–Crippen MR) is 62.0 cm³/mol. The number of methoxy groups -OCH3 is 1. The average Bonchev–Trinajstić information content (AvgIpc) is 2.13. The Hall–Kier alpha value is -0.120. The minimum Gasteiger partial charge on any atom is -0.381 e. The Morgan fingerprint density at radius 3 is 2.67 bits per heavy atom. The van der Waals surface area contributed by atoms with Gasteiger partial charge in [-0.25, -0.2) is 0 Å². The van der Waals surface area contributed by atoms with Gasteiger partial charge < -0.3 is 15.0 Å². The second kappa shape index (κ2) is 4.81. The zero-order valence-corrected chi connectivity index (χ0v) is 10.2. The Bertz CT molecular complexity index is 204. The summed E-state index contributed by atoms with van der Waals surface area (Å²) in [4.78, 5) is 2.43. The fraction of sp³-hybridized carbons (Fsp3) is 1.00. The Balaban J connectivity index is 1.71. The molecule has 2 atom stereocenters. The van der Waals surface area contributed by atoms with Gasteiger partial charge in [-0.2, -0.15) is 0 Å². The van der Waals surface area contributed by atoms with Crippen LogP contribution >= 0.6 is 0 Å². The van der Waals surface area contributed by atoms with E-state index in [0.717, 1.165) is 12.0 Å². The maximum Gasteiger partial charge on any atom is 0.0601 e. The standard InChI is InChI=1S/C12H24N2O/c1-9-8-14(2)5-4-12(9)13-10-6-11(7-10)15-3/h9-13H,4-8H2,1-3H3. The molecular weight excluding hydrogens is 188 g/mol. The van der Waals surface area contributed by atoms with Crippen LogP contribution in [0.25, 0.3) is 0 Å². The van der Waals surface area contributed by atoms with Crippen molar-refractivity contribution in [2.45, 2.75) is 44.4 Å². The van der Waals surface area contributed by atoms with Crippen LogP contribution < -0.4 is 5.32 Å². The summed E-state index contributed by atoms with van der Waals surface area (Å²) in [5.41, 5.74) is 0. The molecule has 1 aliphatic carbocycles. The van der Waals surface area contributed by atoms with Crippen molar-refractivity contribution >= 4 is 0 Å². The number of hydrogen-bond donors (Lipinski definition) is 1. The molecule has 0 aromatic carbocycles. The van der Waals surface area contributed by atoms with Gasteiger partial charge in [0.25, 0.3) is 0 Å². The lowest BCUT2D eigenvalue weighted by atomic mass is 9.86. The van der Waals surface area contributed by atoms with E-state index >= 15 is 0 Å². The van der Waals surface area contributed by atoms with Crippen molar-refractivity contribution in [2.24, 2.45) is 5.92 Å². The fourth-order valence-corrected chi connectivity index (χ4v) is 2.80. The molecule has 2 aliphatic rings. The van der Waals surface area contributed by atoms with Gasteiger partial charge in [0.1, 0.15) is 0 Å². The molecule has 2 rings (SSSR count). The zero-order chi connectivity index (χ0) is 10.8. The van der Waals surface area contributed by atoms with Gasteiger partial charge >= 0.3 is 0 Å². The molecule has 1 heterocycles. The fourth-order valence-electron chi connectivity index (χ4n) is 2.80. The highest BCUT2D eigenvalue weighted by Gasteiger charge is 2.33. The molecule has 1 saturated carbocycles. The molecule has 0 aromatic heterocycles. The number of piperidine rings is 1. The summed E-state index contributed by atoms with van der Waals surface area (Å²) in [5, 5.41) is 3.78. The number of likely N-dealkylation sites (tertiary alicyclic amines) is 1. The highest BCUT2D eigenvalue weighted by molar-refractivity contribution is 4.91.